The minimum Gasteiger partial charge on any atom is -0.384 e. The molecule has 0 saturated carbocycles. The Labute approximate surface area is 236 Å². The van der Waals surface area contributed by atoms with Crippen LogP contribution < -0.4 is 5.73 Å². The van der Waals surface area contributed by atoms with E-state index in [0.717, 1.165) is 6.07 Å². The number of aromatic nitrogens is 4. The number of aryl methyl sites for hydroxylation is 1. The highest BCUT2D eigenvalue weighted by molar-refractivity contribution is 5.95. The number of nitrogens with zero attached hydrogens (tertiary/aromatic N) is 4. The van der Waals surface area contributed by atoms with Crippen molar-refractivity contribution in [3.05, 3.63) is 77.4 Å². The van der Waals surface area contributed by atoms with Gasteiger partial charge < -0.3 is 15.6 Å². The number of alkyl halides is 5. The number of nitrogen functional groups attached to an aromatic ring is 1. The van der Waals surface area contributed by atoms with Crippen LogP contribution in [0.15, 0.2) is 54.9 Å². The fourth-order valence-electron chi connectivity index (χ4n) is 4.59. The number of carbonyl (C=O) groups is 2. The number of carbonyl (C=O) groups excluding carboxylic acids is 2. The first-order valence-corrected chi connectivity index (χ1v) is 13.0. The van der Waals surface area contributed by atoms with E-state index in [2.05, 4.69) is 19.9 Å². The molecule has 13 heteroatoms. The summed E-state index contributed by atoms with van der Waals surface area (Å²) in [7, 11) is 0. The number of piperidine rings is 1. The number of anilines is 1. The maximum absolute atomic E-state index is 14.0. The molecule has 1 saturated heterocycles. The fraction of sp³-hybridized carbons (Fsp3) is 0.276. The van der Waals surface area contributed by atoms with Crippen molar-refractivity contribution in [3.63, 3.8) is 0 Å². The van der Waals surface area contributed by atoms with E-state index in [1.165, 1.54) is 41.6 Å². The molecule has 218 valence electrons. The Morgan fingerprint density at radius 2 is 1.81 bits per heavy atom. The third kappa shape index (κ3) is 6.61. The van der Waals surface area contributed by atoms with Gasteiger partial charge in [-0.15, -0.1) is 0 Å². The number of aromatic amines is 1. The number of benzene rings is 1. The van der Waals surface area contributed by atoms with Gasteiger partial charge in [0.2, 0.25) is 0 Å². The van der Waals surface area contributed by atoms with E-state index in [1.807, 2.05) is 0 Å². The van der Waals surface area contributed by atoms with Crippen molar-refractivity contribution in [1.29, 1.82) is 0 Å². The summed E-state index contributed by atoms with van der Waals surface area (Å²) < 4.78 is 68.9. The van der Waals surface area contributed by atoms with Gasteiger partial charge in [0.15, 0.2) is 5.78 Å². The number of nitrogens with two attached hydrogens (primary N) is 1. The van der Waals surface area contributed by atoms with Crippen molar-refractivity contribution in [2.24, 2.45) is 0 Å². The number of fused-ring (bicyclic) bond motifs is 1. The molecule has 1 aliphatic heterocycles. The number of ketones is 1. The number of hydrogen-bond donors (Lipinski definition) is 2. The van der Waals surface area contributed by atoms with Gasteiger partial charge in [-0.25, -0.2) is 18.7 Å². The fourth-order valence-corrected chi connectivity index (χ4v) is 4.59. The van der Waals surface area contributed by atoms with Gasteiger partial charge in [0, 0.05) is 56.7 Å². The summed E-state index contributed by atoms with van der Waals surface area (Å²) in [5.41, 5.74) is 5.52. The highest BCUT2D eigenvalue weighted by atomic mass is 19.4. The van der Waals surface area contributed by atoms with E-state index in [-0.39, 0.29) is 65.4 Å². The van der Waals surface area contributed by atoms with E-state index in [4.69, 9.17) is 5.73 Å². The van der Waals surface area contributed by atoms with Gasteiger partial charge in [0.05, 0.1) is 22.3 Å². The highest BCUT2D eigenvalue weighted by Gasteiger charge is 2.36. The Morgan fingerprint density at radius 3 is 2.45 bits per heavy atom. The number of pyridine rings is 2. The lowest BCUT2D eigenvalue weighted by Gasteiger charge is -2.31. The second-order valence-corrected chi connectivity index (χ2v) is 10.00. The molecule has 4 aromatic rings. The van der Waals surface area contributed by atoms with Gasteiger partial charge in [0.1, 0.15) is 17.2 Å². The van der Waals surface area contributed by atoms with Crippen LogP contribution in [0.2, 0.25) is 0 Å². The minimum atomic E-state index is -4.72. The average Bonchev–Trinajstić information content (AvgIpc) is 3.37. The predicted octanol–water partition coefficient (Wildman–Crippen LogP) is 5.71. The van der Waals surface area contributed by atoms with Crippen molar-refractivity contribution in [1.82, 2.24) is 24.8 Å². The van der Waals surface area contributed by atoms with Gasteiger partial charge in [-0.2, -0.15) is 13.2 Å². The highest BCUT2D eigenvalue weighted by Crippen LogP contribution is 2.37. The van der Waals surface area contributed by atoms with Crippen LogP contribution >= 0.6 is 0 Å². The molecule has 0 bridgehead atoms. The summed E-state index contributed by atoms with van der Waals surface area (Å²) in [5, 5.41) is 0. The molecule has 42 heavy (non-hydrogen) atoms. The van der Waals surface area contributed by atoms with Crippen LogP contribution in [0.1, 0.15) is 46.6 Å². The molecule has 1 aromatic carbocycles. The Bertz CT molecular complexity index is 1640. The van der Waals surface area contributed by atoms with E-state index in [0.29, 0.717) is 11.4 Å². The molecule has 1 aliphatic rings. The molecule has 0 atom stereocenters. The molecule has 3 aromatic heterocycles. The maximum atomic E-state index is 14.0. The summed E-state index contributed by atoms with van der Waals surface area (Å²) in [6, 6.07) is 8.50. The van der Waals surface area contributed by atoms with Crippen molar-refractivity contribution >= 4 is 34.6 Å². The Balaban J connectivity index is 1.33. The predicted molar refractivity (Wildman–Crippen MR) is 145 cm³/mol. The zero-order valence-corrected chi connectivity index (χ0v) is 22.1. The van der Waals surface area contributed by atoms with Crippen LogP contribution in [0, 0.1) is 0 Å². The van der Waals surface area contributed by atoms with Gasteiger partial charge in [0.25, 0.3) is 11.8 Å². The molecule has 1 fully saturated rings. The molecule has 1 amide bonds. The van der Waals surface area contributed by atoms with E-state index >= 15 is 0 Å². The van der Waals surface area contributed by atoms with Gasteiger partial charge in [-0.05, 0) is 54.1 Å². The molecule has 0 radical (unpaired) electrons. The number of rotatable bonds is 7. The first-order chi connectivity index (χ1) is 19.9. The summed E-state index contributed by atoms with van der Waals surface area (Å²) in [6.45, 7) is -0.188. The Hall–Kier alpha value is -4.68. The van der Waals surface area contributed by atoms with Crippen LogP contribution in [0.3, 0.4) is 0 Å². The van der Waals surface area contributed by atoms with Crippen LogP contribution in [-0.4, -0.2) is 55.5 Å². The summed E-state index contributed by atoms with van der Waals surface area (Å²) in [5.74, 6) is -2.96. The summed E-state index contributed by atoms with van der Waals surface area (Å²) >= 11 is 0. The lowest BCUT2D eigenvalue weighted by Crippen LogP contribution is -2.42. The van der Waals surface area contributed by atoms with Gasteiger partial charge in [-0.1, -0.05) is 0 Å². The number of likely N-dealkylation sites (tertiary alicyclic amines) is 1. The molecule has 0 unspecified atom stereocenters. The molecule has 0 aliphatic carbocycles. The second kappa shape index (κ2) is 11.3. The minimum absolute atomic E-state index is 0.0125. The monoisotopic (exact) mass is 584 g/mol. The number of nitrogens with one attached hydrogen (secondary N) is 1. The number of H-pyrrole nitrogens is 1. The first kappa shape index (κ1) is 28.8. The normalized spacial score (nSPS) is 15.4. The molecule has 8 nitrogen and oxygen atoms in total. The molecule has 5 rings (SSSR count). The molecule has 4 heterocycles. The lowest BCUT2D eigenvalue weighted by atomic mass is 10.0. The topological polar surface area (TPSA) is 118 Å². The van der Waals surface area contributed by atoms with E-state index in [9.17, 15) is 31.5 Å². The van der Waals surface area contributed by atoms with Gasteiger partial charge in [-0.3, -0.25) is 14.6 Å². The molecule has 0 spiro atoms. The van der Waals surface area contributed by atoms with Crippen LogP contribution in [-0.2, 0) is 17.4 Å². The number of halogens is 5. The van der Waals surface area contributed by atoms with Crippen LogP contribution in [0.4, 0.5) is 27.8 Å². The number of amides is 1. The second-order valence-electron chi connectivity index (χ2n) is 10.00. The number of allylic oxidation sites excluding steroid dienone is 1. The zero-order chi connectivity index (χ0) is 30.1. The third-order valence-corrected chi connectivity index (χ3v) is 6.91. The van der Waals surface area contributed by atoms with Gasteiger partial charge >= 0.3 is 6.18 Å². The first-order valence-electron chi connectivity index (χ1n) is 13.0. The average molecular weight is 585 g/mol. The smallest absolute Gasteiger partial charge is 0.384 e. The van der Waals surface area contributed by atoms with Crippen molar-refractivity contribution in [2.45, 2.75) is 37.8 Å². The summed E-state index contributed by atoms with van der Waals surface area (Å²) in [6.07, 6.45) is 0.173. The van der Waals surface area contributed by atoms with Crippen LogP contribution in [0.5, 0.6) is 0 Å². The quantitative estimate of drug-likeness (QED) is 0.212. The van der Waals surface area contributed by atoms with Crippen molar-refractivity contribution in [2.75, 3.05) is 18.8 Å². The largest absolute Gasteiger partial charge is 0.418 e. The molecule has 3 N–H and O–H groups in total. The van der Waals surface area contributed by atoms with Crippen LogP contribution in [0.25, 0.3) is 28.4 Å². The van der Waals surface area contributed by atoms with E-state index < -0.39 is 36.4 Å². The maximum Gasteiger partial charge on any atom is 0.418 e. The van der Waals surface area contributed by atoms with Crippen molar-refractivity contribution < 1.29 is 31.5 Å². The van der Waals surface area contributed by atoms with E-state index in [1.54, 1.807) is 18.2 Å². The van der Waals surface area contributed by atoms with Crippen molar-refractivity contribution in [3.8, 4) is 11.3 Å². The Kier molecular flexibility index (Phi) is 7.76. The lowest BCUT2D eigenvalue weighted by molar-refractivity contribution is -0.136. The number of hydrogen-bond acceptors (Lipinski definition) is 6. The summed E-state index contributed by atoms with van der Waals surface area (Å²) in [4.78, 5) is 41.4. The molecular weight excluding hydrogens is 559 g/mol. The SMILES string of the molecule is Nc1ccc(/C=C/C(=O)CCc2nc3c(C(F)(F)F)cc(-c4ccc(C(=O)N5CCC(F)(F)CC5)cn4)cc3[nH]2)cn1. The Morgan fingerprint density at radius 1 is 1.05 bits per heavy atom. The standard InChI is InChI=1S/C29H25F5N6O2/c30-28(31)9-11-40(12-10-28)27(42)18-3-6-22(36-16-18)19-13-21(29(32,33)34)26-23(14-19)38-25(39-26)8-5-20(41)4-1-17-2-7-24(35)37-15-17/h1-4,6-7,13-16H,5,8-12H2,(H2,35,37)(H,38,39)/b4-1+. The number of imidazole rings is 1. The third-order valence-electron chi connectivity index (χ3n) is 6.91. The molecular formula is C29H25F5N6O2. The zero-order valence-electron chi connectivity index (χ0n) is 22.1.